The van der Waals surface area contributed by atoms with Crippen molar-refractivity contribution in [3.05, 3.63) is 30.2 Å². The highest BCUT2D eigenvalue weighted by Gasteiger charge is 2.21. The van der Waals surface area contributed by atoms with Crippen LogP contribution in [-0.4, -0.2) is 27.4 Å². The fraction of sp³-hybridized carbons (Fsp3) is 0.200. The maximum Gasteiger partial charge on any atom is 0.252 e. The van der Waals surface area contributed by atoms with E-state index in [2.05, 4.69) is 0 Å². The second kappa shape index (κ2) is 4.63. The highest BCUT2D eigenvalue weighted by atomic mass is 32.2. The standard InChI is InChI=1S/C10H9NO2S2/c12-9(11-5-7-15-10(11)14)4-3-8-2-1-6-13-8/h1-4,6H,5,7H2/b4-3+. The van der Waals surface area contributed by atoms with Crippen LogP contribution >= 0.6 is 24.0 Å². The Kier molecular flexibility index (Phi) is 3.23. The van der Waals surface area contributed by atoms with Crippen LogP contribution in [0.3, 0.4) is 0 Å². The van der Waals surface area contributed by atoms with Gasteiger partial charge < -0.3 is 4.42 Å². The molecule has 1 fully saturated rings. The van der Waals surface area contributed by atoms with E-state index < -0.39 is 0 Å². The second-order valence-electron chi connectivity index (χ2n) is 2.95. The maximum absolute atomic E-state index is 11.6. The first-order valence-electron chi connectivity index (χ1n) is 4.47. The summed E-state index contributed by atoms with van der Waals surface area (Å²) in [7, 11) is 0. The summed E-state index contributed by atoms with van der Waals surface area (Å²) in [6.45, 7) is 0.699. The summed E-state index contributed by atoms with van der Waals surface area (Å²) in [5, 5.41) is 0. The van der Waals surface area contributed by atoms with Gasteiger partial charge in [-0.05, 0) is 18.2 Å². The SMILES string of the molecule is O=C(/C=C/c1ccco1)N1CCSC1=S. The first kappa shape index (κ1) is 10.4. The molecule has 0 bridgehead atoms. The van der Waals surface area contributed by atoms with Gasteiger partial charge in [0.25, 0.3) is 5.91 Å². The molecule has 1 saturated heterocycles. The number of hydrogen-bond donors (Lipinski definition) is 0. The molecule has 1 amide bonds. The summed E-state index contributed by atoms with van der Waals surface area (Å²) in [5.41, 5.74) is 0. The van der Waals surface area contributed by atoms with E-state index in [1.54, 1.807) is 29.4 Å². The van der Waals surface area contributed by atoms with Crippen molar-refractivity contribution in [2.75, 3.05) is 12.3 Å². The maximum atomic E-state index is 11.6. The van der Waals surface area contributed by atoms with Gasteiger partial charge in [0.05, 0.1) is 6.26 Å². The number of thiocarbonyl (C=S) groups is 1. The molecule has 0 aliphatic carbocycles. The zero-order valence-corrected chi connectivity index (χ0v) is 9.51. The summed E-state index contributed by atoms with van der Waals surface area (Å²) in [5.74, 6) is 1.47. The summed E-state index contributed by atoms with van der Waals surface area (Å²) in [6, 6.07) is 3.57. The number of hydrogen-bond acceptors (Lipinski definition) is 4. The van der Waals surface area contributed by atoms with Crippen LogP contribution in [0.1, 0.15) is 5.76 Å². The molecule has 0 atom stereocenters. The van der Waals surface area contributed by atoms with Crippen LogP contribution in [0.25, 0.3) is 6.08 Å². The normalized spacial score (nSPS) is 16.5. The van der Waals surface area contributed by atoms with Crippen molar-refractivity contribution in [2.24, 2.45) is 0 Å². The lowest BCUT2D eigenvalue weighted by molar-refractivity contribution is -0.121. The highest BCUT2D eigenvalue weighted by Crippen LogP contribution is 2.18. The Bertz CT molecular complexity index is 398. The number of carbonyl (C=O) groups is 1. The summed E-state index contributed by atoms with van der Waals surface area (Å²) >= 11 is 6.58. The van der Waals surface area contributed by atoms with Gasteiger partial charge in [0, 0.05) is 18.4 Å². The number of furan rings is 1. The van der Waals surface area contributed by atoms with Gasteiger partial charge in [0.1, 0.15) is 10.1 Å². The van der Waals surface area contributed by atoms with Crippen molar-refractivity contribution in [2.45, 2.75) is 0 Å². The highest BCUT2D eigenvalue weighted by molar-refractivity contribution is 8.23. The third-order valence-electron chi connectivity index (χ3n) is 1.96. The Hall–Kier alpha value is -1.07. The van der Waals surface area contributed by atoms with Crippen molar-refractivity contribution < 1.29 is 9.21 Å². The van der Waals surface area contributed by atoms with Gasteiger partial charge in [-0.2, -0.15) is 0 Å². The van der Waals surface area contributed by atoms with Gasteiger partial charge in [0.2, 0.25) is 0 Å². The van der Waals surface area contributed by atoms with Gasteiger partial charge in [-0.15, -0.1) is 0 Å². The monoisotopic (exact) mass is 239 g/mol. The van der Waals surface area contributed by atoms with Crippen LogP contribution in [0.15, 0.2) is 28.9 Å². The van der Waals surface area contributed by atoms with Crippen LogP contribution in [0.2, 0.25) is 0 Å². The van der Waals surface area contributed by atoms with Crippen molar-refractivity contribution in [1.82, 2.24) is 4.90 Å². The summed E-state index contributed by atoms with van der Waals surface area (Å²) in [6.07, 6.45) is 4.70. The van der Waals surface area contributed by atoms with E-state index in [0.29, 0.717) is 16.6 Å². The molecule has 15 heavy (non-hydrogen) atoms. The smallest absolute Gasteiger partial charge is 0.252 e. The minimum absolute atomic E-state index is 0.0820. The molecule has 2 rings (SSSR count). The van der Waals surface area contributed by atoms with Gasteiger partial charge in [-0.25, -0.2) is 0 Å². The van der Waals surface area contributed by atoms with Crippen LogP contribution < -0.4 is 0 Å². The Morgan fingerprint density at radius 2 is 2.53 bits per heavy atom. The van der Waals surface area contributed by atoms with Crippen molar-refractivity contribution in [1.29, 1.82) is 0 Å². The number of nitrogens with zero attached hydrogens (tertiary/aromatic N) is 1. The molecule has 3 nitrogen and oxygen atoms in total. The van der Waals surface area contributed by atoms with Gasteiger partial charge in [0.15, 0.2) is 0 Å². The third kappa shape index (κ3) is 2.49. The molecule has 1 aromatic heterocycles. The zero-order valence-electron chi connectivity index (χ0n) is 7.88. The van der Waals surface area contributed by atoms with Crippen LogP contribution in [0.4, 0.5) is 0 Å². The van der Waals surface area contributed by atoms with Gasteiger partial charge in [-0.1, -0.05) is 24.0 Å². The molecule has 0 aromatic carbocycles. The van der Waals surface area contributed by atoms with E-state index in [-0.39, 0.29) is 5.91 Å². The Morgan fingerprint density at radius 3 is 3.13 bits per heavy atom. The first-order valence-corrected chi connectivity index (χ1v) is 5.86. The van der Waals surface area contributed by atoms with Crippen LogP contribution in [-0.2, 0) is 4.79 Å². The predicted octanol–water partition coefficient (Wildman–Crippen LogP) is 2.15. The molecule has 1 aliphatic rings. The molecule has 78 valence electrons. The lowest BCUT2D eigenvalue weighted by Gasteiger charge is -2.10. The van der Waals surface area contributed by atoms with E-state index in [1.165, 1.54) is 17.8 Å². The minimum Gasteiger partial charge on any atom is -0.465 e. The number of thioether (sulfide) groups is 1. The molecule has 5 heteroatoms. The van der Waals surface area contributed by atoms with E-state index in [0.717, 1.165) is 5.75 Å². The average Bonchev–Trinajstić information content (AvgIpc) is 2.84. The summed E-state index contributed by atoms with van der Waals surface area (Å²) < 4.78 is 5.73. The molecular weight excluding hydrogens is 230 g/mol. The number of amides is 1. The second-order valence-corrected chi connectivity index (χ2v) is 4.68. The Morgan fingerprint density at radius 1 is 1.67 bits per heavy atom. The lowest BCUT2D eigenvalue weighted by atomic mass is 10.3. The number of carbonyl (C=O) groups excluding carboxylic acids is 1. The zero-order chi connectivity index (χ0) is 10.7. The van der Waals surface area contributed by atoms with Crippen molar-refractivity contribution >= 4 is 40.3 Å². The van der Waals surface area contributed by atoms with E-state index in [1.807, 2.05) is 0 Å². The largest absolute Gasteiger partial charge is 0.465 e. The quantitative estimate of drug-likeness (QED) is 0.585. The van der Waals surface area contributed by atoms with E-state index in [9.17, 15) is 4.79 Å². The Labute approximate surface area is 97.1 Å². The fourth-order valence-electron chi connectivity index (χ4n) is 1.22. The van der Waals surface area contributed by atoms with Gasteiger partial charge >= 0.3 is 0 Å². The molecule has 0 spiro atoms. The molecular formula is C10H9NO2S2. The first-order chi connectivity index (χ1) is 7.27. The lowest BCUT2D eigenvalue weighted by Crippen LogP contribution is -2.28. The van der Waals surface area contributed by atoms with Crippen LogP contribution in [0.5, 0.6) is 0 Å². The van der Waals surface area contributed by atoms with Gasteiger partial charge in [-0.3, -0.25) is 9.69 Å². The van der Waals surface area contributed by atoms with Crippen molar-refractivity contribution in [3.63, 3.8) is 0 Å². The van der Waals surface area contributed by atoms with Crippen LogP contribution in [0, 0.1) is 0 Å². The Balaban J connectivity index is 2.00. The third-order valence-corrected chi connectivity index (χ3v) is 3.39. The molecule has 0 saturated carbocycles. The van der Waals surface area contributed by atoms with E-state index in [4.69, 9.17) is 16.6 Å². The molecule has 2 heterocycles. The molecule has 0 radical (unpaired) electrons. The fourth-order valence-corrected chi connectivity index (χ4v) is 2.44. The van der Waals surface area contributed by atoms with Crippen molar-refractivity contribution in [3.8, 4) is 0 Å². The molecule has 1 aromatic rings. The summed E-state index contributed by atoms with van der Waals surface area (Å²) in [4.78, 5) is 13.2. The molecule has 0 unspecified atom stereocenters. The number of rotatable bonds is 2. The topological polar surface area (TPSA) is 33.5 Å². The predicted molar refractivity (Wildman–Crippen MR) is 64.5 cm³/mol. The average molecular weight is 239 g/mol. The minimum atomic E-state index is -0.0820. The molecule has 0 N–H and O–H groups in total. The van der Waals surface area contributed by atoms with E-state index >= 15 is 0 Å². The molecule has 1 aliphatic heterocycles.